The lowest BCUT2D eigenvalue weighted by molar-refractivity contribution is 0.581. The Morgan fingerprint density at radius 1 is 1.25 bits per heavy atom. The van der Waals surface area contributed by atoms with E-state index >= 15 is 0 Å². The number of anilines is 1. The van der Waals surface area contributed by atoms with Crippen LogP contribution in [0.15, 0.2) is 35.0 Å². The highest BCUT2D eigenvalue weighted by Gasteiger charge is 2.23. The van der Waals surface area contributed by atoms with Gasteiger partial charge in [0.05, 0.1) is 6.26 Å². The minimum Gasteiger partial charge on any atom is -0.464 e. The Kier molecular flexibility index (Phi) is 3.17. The quantitative estimate of drug-likeness (QED) is 0.801. The van der Waals surface area contributed by atoms with Crippen LogP contribution in [-0.4, -0.2) is 14.1 Å². The summed E-state index contributed by atoms with van der Waals surface area (Å²) in [6.45, 7) is 4.52. The predicted octanol–water partition coefficient (Wildman–Crippen LogP) is 4.71. The monoisotopic (exact) mass is 267 g/mol. The maximum Gasteiger partial charge on any atom is 0.134 e. The maximum atomic E-state index is 5.67. The molecule has 0 fully saturated rings. The molecule has 20 heavy (non-hydrogen) atoms. The van der Waals surface area contributed by atoms with E-state index in [1.807, 2.05) is 6.07 Å². The van der Waals surface area contributed by atoms with E-state index in [2.05, 4.69) is 57.1 Å². The van der Waals surface area contributed by atoms with Crippen molar-refractivity contribution in [2.45, 2.75) is 26.2 Å². The Hall–Kier alpha value is -1.96. The van der Waals surface area contributed by atoms with Gasteiger partial charge >= 0.3 is 0 Å². The van der Waals surface area contributed by atoms with Gasteiger partial charge in [0.25, 0.3) is 0 Å². The first-order chi connectivity index (χ1) is 9.59. The van der Waals surface area contributed by atoms with Gasteiger partial charge in [-0.25, -0.2) is 0 Å². The second-order valence-electron chi connectivity index (χ2n) is 5.88. The van der Waals surface area contributed by atoms with Gasteiger partial charge in [-0.15, -0.1) is 0 Å². The lowest BCUT2D eigenvalue weighted by Gasteiger charge is -2.23. The van der Waals surface area contributed by atoms with E-state index in [4.69, 9.17) is 4.42 Å². The van der Waals surface area contributed by atoms with E-state index in [9.17, 15) is 0 Å². The molecule has 1 aromatic carbocycles. The van der Waals surface area contributed by atoms with Gasteiger partial charge in [0.2, 0.25) is 0 Å². The Bertz CT molecular complexity index is 649. The number of furan rings is 1. The average Bonchev–Trinajstić information content (AvgIpc) is 3.07. The van der Waals surface area contributed by atoms with Gasteiger partial charge in [-0.05, 0) is 41.7 Å². The summed E-state index contributed by atoms with van der Waals surface area (Å²) >= 11 is 0. The van der Waals surface area contributed by atoms with Gasteiger partial charge < -0.3 is 9.32 Å². The maximum absolute atomic E-state index is 5.67. The molecule has 2 aromatic rings. The first-order valence-electron chi connectivity index (χ1n) is 7.17. The third-order valence-electron chi connectivity index (χ3n) is 3.95. The van der Waals surface area contributed by atoms with Crippen LogP contribution in [0, 0.1) is 0 Å². The van der Waals surface area contributed by atoms with Crippen LogP contribution in [0.25, 0.3) is 17.4 Å². The largest absolute Gasteiger partial charge is 0.464 e. The Morgan fingerprint density at radius 2 is 2.05 bits per heavy atom. The van der Waals surface area contributed by atoms with E-state index in [0.29, 0.717) is 5.92 Å². The Balaban J connectivity index is 2.31. The molecule has 0 radical (unpaired) electrons. The molecule has 2 heteroatoms. The van der Waals surface area contributed by atoms with Crippen molar-refractivity contribution in [1.29, 1.82) is 0 Å². The molecule has 0 spiro atoms. The summed E-state index contributed by atoms with van der Waals surface area (Å²) in [5.74, 6) is 1.45. The zero-order valence-corrected chi connectivity index (χ0v) is 12.6. The molecule has 0 unspecified atom stereocenters. The van der Waals surface area contributed by atoms with Crippen LogP contribution < -0.4 is 4.90 Å². The second-order valence-corrected chi connectivity index (χ2v) is 5.88. The van der Waals surface area contributed by atoms with Crippen LogP contribution in [0.3, 0.4) is 0 Å². The minimum atomic E-state index is 0.486. The highest BCUT2D eigenvalue weighted by Crippen LogP contribution is 2.41. The molecule has 1 aromatic heterocycles. The highest BCUT2D eigenvalue weighted by atomic mass is 16.3. The number of rotatable bonds is 3. The minimum absolute atomic E-state index is 0.486. The number of hydrogen-bond acceptors (Lipinski definition) is 2. The molecule has 1 heterocycles. The van der Waals surface area contributed by atoms with E-state index in [1.54, 1.807) is 6.26 Å². The molecule has 0 N–H and O–H groups in total. The number of fused-ring (bicyclic) bond motifs is 1. The fourth-order valence-corrected chi connectivity index (χ4v) is 3.12. The van der Waals surface area contributed by atoms with Gasteiger partial charge in [0.15, 0.2) is 0 Å². The number of benzene rings is 1. The van der Waals surface area contributed by atoms with Crippen LogP contribution in [0.2, 0.25) is 0 Å². The van der Waals surface area contributed by atoms with Crippen molar-refractivity contribution in [3.05, 3.63) is 47.2 Å². The smallest absolute Gasteiger partial charge is 0.134 e. The standard InChI is InChI=1S/C18H21NO/c1-12(2)18-14-8-5-7-13(14)16(19(3)4)11-15(18)17-9-6-10-20-17/h5-7,9-12H,8H2,1-4H3. The van der Waals surface area contributed by atoms with E-state index in [0.717, 1.165) is 12.2 Å². The zero-order valence-electron chi connectivity index (χ0n) is 12.6. The van der Waals surface area contributed by atoms with Crippen molar-refractivity contribution in [3.63, 3.8) is 0 Å². The number of hydrogen-bond donors (Lipinski definition) is 0. The van der Waals surface area contributed by atoms with Gasteiger partial charge in [0, 0.05) is 30.9 Å². The summed E-state index contributed by atoms with van der Waals surface area (Å²) in [6.07, 6.45) is 7.29. The molecule has 3 rings (SSSR count). The van der Waals surface area contributed by atoms with Crippen molar-refractivity contribution >= 4 is 11.8 Å². The predicted molar refractivity (Wildman–Crippen MR) is 85.3 cm³/mol. The summed E-state index contributed by atoms with van der Waals surface area (Å²) in [7, 11) is 4.20. The first kappa shape index (κ1) is 13.0. The fourth-order valence-electron chi connectivity index (χ4n) is 3.12. The zero-order chi connectivity index (χ0) is 14.3. The molecule has 0 atom stereocenters. The van der Waals surface area contributed by atoms with Crippen LogP contribution >= 0.6 is 0 Å². The highest BCUT2D eigenvalue weighted by molar-refractivity contribution is 5.82. The van der Waals surface area contributed by atoms with Crippen LogP contribution in [0.5, 0.6) is 0 Å². The molecule has 2 nitrogen and oxygen atoms in total. The molecule has 0 aliphatic heterocycles. The molecule has 0 saturated heterocycles. The summed E-state index contributed by atoms with van der Waals surface area (Å²) in [6, 6.07) is 6.28. The van der Waals surface area contributed by atoms with Crippen molar-refractivity contribution in [2.75, 3.05) is 19.0 Å². The summed E-state index contributed by atoms with van der Waals surface area (Å²) < 4.78 is 5.67. The van der Waals surface area contributed by atoms with E-state index in [-0.39, 0.29) is 0 Å². The van der Waals surface area contributed by atoms with E-state index < -0.39 is 0 Å². The molecule has 1 aliphatic rings. The molecule has 1 aliphatic carbocycles. The normalized spacial score (nSPS) is 13.1. The topological polar surface area (TPSA) is 16.4 Å². The second kappa shape index (κ2) is 4.86. The van der Waals surface area contributed by atoms with Crippen LogP contribution in [-0.2, 0) is 6.42 Å². The lowest BCUT2D eigenvalue weighted by Crippen LogP contribution is -2.12. The van der Waals surface area contributed by atoms with Gasteiger partial charge in [-0.1, -0.05) is 26.0 Å². The van der Waals surface area contributed by atoms with Crippen molar-refractivity contribution in [2.24, 2.45) is 0 Å². The summed E-state index contributed by atoms with van der Waals surface area (Å²) in [5.41, 5.74) is 6.75. The third kappa shape index (κ3) is 1.96. The van der Waals surface area contributed by atoms with Gasteiger partial charge in [-0.2, -0.15) is 0 Å². The van der Waals surface area contributed by atoms with Crippen molar-refractivity contribution in [1.82, 2.24) is 0 Å². The van der Waals surface area contributed by atoms with Gasteiger partial charge in [0.1, 0.15) is 5.76 Å². The first-order valence-corrected chi connectivity index (χ1v) is 7.17. The van der Waals surface area contributed by atoms with Crippen LogP contribution in [0.1, 0.15) is 36.5 Å². The Morgan fingerprint density at radius 3 is 2.65 bits per heavy atom. The van der Waals surface area contributed by atoms with E-state index in [1.165, 1.54) is 27.9 Å². The summed E-state index contributed by atoms with van der Waals surface area (Å²) in [5, 5.41) is 0. The molecule has 0 amide bonds. The molecular weight excluding hydrogens is 246 g/mol. The number of nitrogens with zero attached hydrogens (tertiary/aromatic N) is 1. The lowest BCUT2D eigenvalue weighted by atomic mass is 9.87. The van der Waals surface area contributed by atoms with Gasteiger partial charge in [-0.3, -0.25) is 0 Å². The Labute approximate surface area is 120 Å². The number of allylic oxidation sites excluding steroid dienone is 1. The molecule has 104 valence electrons. The fraction of sp³-hybridized carbons (Fsp3) is 0.333. The SMILES string of the molecule is CC(C)c1c(-c2ccco2)cc(N(C)C)c2c1CC=C2. The molecule has 0 saturated carbocycles. The summed E-state index contributed by atoms with van der Waals surface area (Å²) in [4.78, 5) is 2.19. The third-order valence-corrected chi connectivity index (χ3v) is 3.95. The van der Waals surface area contributed by atoms with Crippen molar-refractivity contribution < 1.29 is 4.42 Å². The average molecular weight is 267 g/mol. The van der Waals surface area contributed by atoms with Crippen LogP contribution in [0.4, 0.5) is 5.69 Å². The van der Waals surface area contributed by atoms with Crippen molar-refractivity contribution in [3.8, 4) is 11.3 Å². The molecular formula is C18H21NO. The molecule has 0 bridgehead atoms.